The smallest absolute Gasteiger partial charge is 0.229 e. The van der Waals surface area contributed by atoms with Crippen molar-refractivity contribution in [3.63, 3.8) is 0 Å². The van der Waals surface area contributed by atoms with Crippen molar-refractivity contribution in [2.45, 2.75) is 6.92 Å². The van der Waals surface area contributed by atoms with Gasteiger partial charge in [0.15, 0.2) is 0 Å². The zero-order chi connectivity index (χ0) is 19.8. The first-order chi connectivity index (χ1) is 13.7. The molecule has 2 aromatic carbocycles. The summed E-state index contributed by atoms with van der Waals surface area (Å²) in [6.45, 7) is 3.13. The van der Waals surface area contributed by atoms with E-state index in [1.54, 1.807) is 20.4 Å². The molecule has 0 radical (unpaired) electrons. The van der Waals surface area contributed by atoms with Crippen LogP contribution in [0.15, 0.2) is 54.7 Å². The molecule has 3 aromatic rings. The number of benzene rings is 2. The molecule has 0 fully saturated rings. The number of hydrogen-bond acceptors (Lipinski definition) is 7. The lowest BCUT2D eigenvalue weighted by Gasteiger charge is -2.12. The molecule has 146 valence electrons. The fourth-order valence-corrected chi connectivity index (χ4v) is 2.58. The summed E-state index contributed by atoms with van der Waals surface area (Å²) >= 11 is 0. The number of ether oxygens (including phenoxy) is 3. The second-order valence-corrected chi connectivity index (χ2v) is 6.04. The molecular weight excluding hydrogens is 356 g/mol. The number of methoxy groups -OCH3 is 2. The van der Waals surface area contributed by atoms with Gasteiger partial charge in [0.25, 0.3) is 0 Å². The topological polar surface area (TPSA) is 77.5 Å². The number of anilines is 3. The van der Waals surface area contributed by atoms with Gasteiger partial charge in [-0.3, -0.25) is 0 Å². The minimum atomic E-state index is 0.491. The molecule has 2 N–H and O–H groups in total. The summed E-state index contributed by atoms with van der Waals surface area (Å²) in [5, 5.41) is 6.43. The van der Waals surface area contributed by atoms with Gasteiger partial charge in [-0.1, -0.05) is 6.07 Å². The van der Waals surface area contributed by atoms with Gasteiger partial charge < -0.3 is 24.8 Å². The molecule has 0 unspecified atom stereocenters. The number of rotatable bonds is 9. The second-order valence-electron chi connectivity index (χ2n) is 6.04. The maximum atomic E-state index is 5.70. The van der Waals surface area contributed by atoms with E-state index in [0.717, 1.165) is 28.5 Å². The van der Waals surface area contributed by atoms with Crippen molar-refractivity contribution in [2.75, 3.05) is 38.0 Å². The average Bonchev–Trinajstić information content (AvgIpc) is 2.72. The van der Waals surface area contributed by atoms with E-state index in [2.05, 4.69) is 20.6 Å². The molecule has 1 heterocycles. The largest absolute Gasteiger partial charge is 0.497 e. The van der Waals surface area contributed by atoms with Crippen LogP contribution in [0, 0.1) is 6.92 Å². The van der Waals surface area contributed by atoms with Crippen LogP contribution >= 0.6 is 0 Å². The van der Waals surface area contributed by atoms with Gasteiger partial charge in [-0.05, 0) is 55.0 Å². The van der Waals surface area contributed by atoms with Crippen molar-refractivity contribution in [1.29, 1.82) is 0 Å². The molecule has 0 aliphatic heterocycles. The highest BCUT2D eigenvalue weighted by Crippen LogP contribution is 2.27. The van der Waals surface area contributed by atoms with E-state index in [1.165, 1.54) is 0 Å². The molecule has 0 amide bonds. The molecule has 3 rings (SSSR count). The highest BCUT2D eigenvalue weighted by Gasteiger charge is 2.06. The average molecular weight is 380 g/mol. The van der Waals surface area contributed by atoms with Crippen LogP contribution in [-0.2, 0) is 0 Å². The van der Waals surface area contributed by atoms with Gasteiger partial charge in [0.1, 0.15) is 29.7 Å². The van der Waals surface area contributed by atoms with Gasteiger partial charge in [-0.2, -0.15) is 4.98 Å². The number of aryl methyl sites for hydroxylation is 1. The Kier molecular flexibility index (Phi) is 6.51. The summed E-state index contributed by atoms with van der Waals surface area (Å²) in [6.07, 6.45) is 1.70. The Balaban J connectivity index is 1.54. The lowest BCUT2D eigenvalue weighted by atomic mass is 10.2. The quantitative estimate of drug-likeness (QED) is 0.543. The monoisotopic (exact) mass is 380 g/mol. The van der Waals surface area contributed by atoms with E-state index in [9.17, 15) is 0 Å². The Morgan fingerprint density at radius 1 is 0.929 bits per heavy atom. The van der Waals surface area contributed by atoms with Gasteiger partial charge >= 0.3 is 0 Å². The molecule has 28 heavy (non-hydrogen) atoms. The fraction of sp³-hybridized carbons (Fsp3) is 0.238. The zero-order valence-corrected chi connectivity index (χ0v) is 16.2. The number of hydrogen-bond donors (Lipinski definition) is 2. The molecule has 0 atom stereocenters. The van der Waals surface area contributed by atoms with E-state index in [0.29, 0.717) is 24.9 Å². The number of nitrogens with one attached hydrogen (secondary N) is 2. The Hall–Kier alpha value is -3.48. The summed E-state index contributed by atoms with van der Waals surface area (Å²) < 4.78 is 16.2. The first-order valence-electron chi connectivity index (χ1n) is 8.93. The lowest BCUT2D eigenvalue weighted by molar-refractivity contribution is 0.331. The summed E-state index contributed by atoms with van der Waals surface area (Å²) in [5.41, 5.74) is 1.94. The van der Waals surface area contributed by atoms with Crippen molar-refractivity contribution in [3.8, 4) is 17.2 Å². The van der Waals surface area contributed by atoms with Crippen molar-refractivity contribution >= 4 is 17.5 Å². The minimum Gasteiger partial charge on any atom is -0.497 e. The molecule has 0 aliphatic rings. The molecule has 7 nitrogen and oxygen atoms in total. The predicted molar refractivity (Wildman–Crippen MR) is 110 cm³/mol. The highest BCUT2D eigenvalue weighted by atomic mass is 16.5. The van der Waals surface area contributed by atoms with Crippen LogP contribution in [0.2, 0.25) is 0 Å². The third kappa shape index (κ3) is 5.26. The maximum absolute atomic E-state index is 5.70. The molecule has 7 heteroatoms. The maximum Gasteiger partial charge on any atom is 0.229 e. The zero-order valence-electron chi connectivity index (χ0n) is 16.2. The third-order valence-corrected chi connectivity index (χ3v) is 3.99. The van der Waals surface area contributed by atoms with Crippen molar-refractivity contribution in [1.82, 2.24) is 9.97 Å². The Labute approximate surface area is 164 Å². The third-order valence-electron chi connectivity index (χ3n) is 3.99. The lowest BCUT2D eigenvalue weighted by Crippen LogP contribution is -2.13. The van der Waals surface area contributed by atoms with E-state index in [1.807, 2.05) is 55.5 Å². The molecule has 0 aliphatic carbocycles. The van der Waals surface area contributed by atoms with E-state index >= 15 is 0 Å². The van der Waals surface area contributed by atoms with Crippen molar-refractivity contribution in [3.05, 3.63) is 60.3 Å². The first kappa shape index (κ1) is 19.3. The molecule has 1 aromatic heterocycles. The van der Waals surface area contributed by atoms with Crippen LogP contribution in [-0.4, -0.2) is 37.3 Å². The van der Waals surface area contributed by atoms with Crippen molar-refractivity contribution < 1.29 is 14.2 Å². The Morgan fingerprint density at radius 2 is 1.71 bits per heavy atom. The first-order valence-corrected chi connectivity index (χ1v) is 8.93. The van der Waals surface area contributed by atoms with Crippen molar-refractivity contribution in [2.24, 2.45) is 0 Å². The molecule has 0 saturated carbocycles. The van der Waals surface area contributed by atoms with Gasteiger partial charge in [0.05, 0.1) is 26.5 Å². The van der Waals surface area contributed by atoms with Crippen LogP contribution in [0.4, 0.5) is 17.5 Å². The Morgan fingerprint density at radius 3 is 2.46 bits per heavy atom. The fourth-order valence-electron chi connectivity index (χ4n) is 2.58. The van der Waals surface area contributed by atoms with Crippen LogP contribution in [0.5, 0.6) is 17.2 Å². The predicted octanol–water partition coefficient (Wildman–Crippen LogP) is 4.04. The van der Waals surface area contributed by atoms with Gasteiger partial charge in [0.2, 0.25) is 5.95 Å². The minimum absolute atomic E-state index is 0.491. The molecule has 0 spiro atoms. The molecular formula is C21H24N4O3. The van der Waals surface area contributed by atoms with Gasteiger partial charge in [-0.15, -0.1) is 0 Å². The molecule has 0 saturated heterocycles. The van der Waals surface area contributed by atoms with Gasteiger partial charge in [-0.25, -0.2) is 4.98 Å². The summed E-state index contributed by atoms with van der Waals surface area (Å²) in [7, 11) is 3.27. The SMILES string of the molecule is COc1ccc(OCCNc2ccnc(Nc3cc(C)ccc3OC)n2)cc1. The number of aromatic nitrogens is 2. The van der Waals surface area contributed by atoms with E-state index in [-0.39, 0.29) is 0 Å². The number of nitrogens with zero attached hydrogens (tertiary/aromatic N) is 2. The summed E-state index contributed by atoms with van der Waals surface area (Å²) in [6, 6.07) is 15.2. The summed E-state index contributed by atoms with van der Waals surface area (Å²) in [5.74, 6) is 3.53. The van der Waals surface area contributed by atoms with E-state index in [4.69, 9.17) is 14.2 Å². The Bertz CT molecular complexity index is 900. The standard InChI is InChI=1S/C21H24N4O3/c1-15-4-9-19(27-3)18(14-15)24-21-23-11-10-20(25-21)22-12-13-28-17-7-5-16(26-2)6-8-17/h4-11,14H,12-13H2,1-3H3,(H2,22,23,24,25). The van der Waals surface area contributed by atoms with Crippen LogP contribution < -0.4 is 24.8 Å². The van der Waals surface area contributed by atoms with E-state index < -0.39 is 0 Å². The van der Waals surface area contributed by atoms with Crippen LogP contribution in [0.1, 0.15) is 5.56 Å². The molecule has 0 bridgehead atoms. The van der Waals surface area contributed by atoms with Gasteiger partial charge in [0, 0.05) is 6.20 Å². The summed E-state index contributed by atoms with van der Waals surface area (Å²) in [4.78, 5) is 8.75. The second kappa shape index (κ2) is 9.45. The van der Waals surface area contributed by atoms with Crippen LogP contribution in [0.25, 0.3) is 0 Å². The normalized spacial score (nSPS) is 10.2. The highest BCUT2D eigenvalue weighted by molar-refractivity contribution is 5.64. The van der Waals surface area contributed by atoms with Crippen LogP contribution in [0.3, 0.4) is 0 Å².